The van der Waals surface area contributed by atoms with Gasteiger partial charge in [-0.15, -0.1) is 0 Å². The number of nitrogens with zero attached hydrogens (tertiary/aromatic N) is 1. The van der Waals surface area contributed by atoms with E-state index in [1.165, 1.54) is 0 Å². The average Bonchev–Trinajstić information content (AvgIpc) is 3.18. The number of nitrogens with one attached hydrogen (secondary N) is 1. The Labute approximate surface area is 138 Å². The van der Waals surface area contributed by atoms with Gasteiger partial charge >= 0.3 is 0 Å². The van der Waals surface area contributed by atoms with Crippen LogP contribution in [-0.4, -0.2) is 55.8 Å². The summed E-state index contributed by atoms with van der Waals surface area (Å²) in [5.41, 5.74) is 0. The van der Waals surface area contributed by atoms with E-state index in [0.717, 1.165) is 6.42 Å². The van der Waals surface area contributed by atoms with Gasteiger partial charge in [0.15, 0.2) is 9.84 Å². The molecule has 3 unspecified atom stereocenters. The molecule has 23 heavy (non-hydrogen) atoms. The summed E-state index contributed by atoms with van der Waals surface area (Å²) in [5.74, 6) is 0.152. The minimum absolute atomic E-state index is 0.0425. The van der Waals surface area contributed by atoms with Crippen molar-refractivity contribution in [1.82, 2.24) is 10.2 Å². The van der Waals surface area contributed by atoms with Crippen LogP contribution in [0.3, 0.4) is 0 Å². The molecule has 132 valence electrons. The van der Waals surface area contributed by atoms with Gasteiger partial charge in [0.1, 0.15) is 0 Å². The van der Waals surface area contributed by atoms with Crippen LogP contribution in [0.25, 0.3) is 0 Å². The van der Waals surface area contributed by atoms with Gasteiger partial charge in [-0.2, -0.15) is 0 Å². The summed E-state index contributed by atoms with van der Waals surface area (Å²) in [6.45, 7) is 7.21. The fourth-order valence-corrected chi connectivity index (χ4v) is 4.93. The highest BCUT2D eigenvalue weighted by Gasteiger charge is 2.50. The monoisotopic (exact) mass is 344 g/mol. The Kier molecular flexibility index (Phi) is 5.70. The van der Waals surface area contributed by atoms with E-state index in [1.54, 1.807) is 4.90 Å². The summed E-state index contributed by atoms with van der Waals surface area (Å²) < 4.78 is 23.2. The summed E-state index contributed by atoms with van der Waals surface area (Å²) in [5, 5.41) is 2.89. The molecule has 2 aliphatic rings. The van der Waals surface area contributed by atoms with Gasteiger partial charge in [-0.25, -0.2) is 8.42 Å². The quantitative estimate of drug-likeness (QED) is 0.741. The van der Waals surface area contributed by atoms with Crippen LogP contribution in [0.5, 0.6) is 0 Å². The predicted octanol–water partition coefficient (Wildman–Crippen LogP) is 0.820. The minimum Gasteiger partial charge on any atom is -0.356 e. The Bertz CT molecular complexity index is 558. The lowest BCUT2D eigenvalue weighted by Crippen LogP contribution is -2.42. The fraction of sp³-hybridized carbons (Fsp3) is 0.875. The molecule has 0 aromatic carbocycles. The molecule has 0 aromatic rings. The van der Waals surface area contributed by atoms with Crippen LogP contribution < -0.4 is 5.32 Å². The van der Waals surface area contributed by atoms with Crippen molar-refractivity contribution in [2.75, 3.05) is 24.6 Å². The molecule has 1 saturated carbocycles. The van der Waals surface area contributed by atoms with Crippen LogP contribution in [0.2, 0.25) is 0 Å². The van der Waals surface area contributed by atoms with E-state index in [2.05, 4.69) is 19.2 Å². The Hall–Kier alpha value is -1.11. The number of carbonyl (C=O) groups is 2. The van der Waals surface area contributed by atoms with E-state index < -0.39 is 9.84 Å². The third-order valence-corrected chi connectivity index (χ3v) is 6.49. The van der Waals surface area contributed by atoms with Crippen molar-refractivity contribution >= 4 is 21.7 Å². The van der Waals surface area contributed by atoms with Crippen molar-refractivity contribution in [1.29, 1.82) is 0 Å². The number of sulfone groups is 1. The van der Waals surface area contributed by atoms with Crippen molar-refractivity contribution in [2.24, 2.45) is 17.8 Å². The Morgan fingerprint density at radius 2 is 1.96 bits per heavy atom. The summed E-state index contributed by atoms with van der Waals surface area (Å²) in [6.07, 6.45) is 2.03. The third-order valence-electron chi connectivity index (χ3n) is 4.74. The van der Waals surface area contributed by atoms with Crippen LogP contribution in [-0.2, 0) is 19.4 Å². The lowest BCUT2D eigenvalue weighted by molar-refractivity contribution is -0.136. The van der Waals surface area contributed by atoms with E-state index in [1.807, 2.05) is 6.92 Å². The van der Waals surface area contributed by atoms with Crippen LogP contribution >= 0.6 is 0 Å². The second-order valence-corrected chi connectivity index (χ2v) is 9.33. The van der Waals surface area contributed by atoms with Gasteiger partial charge in [0.2, 0.25) is 11.8 Å². The van der Waals surface area contributed by atoms with Crippen molar-refractivity contribution in [2.45, 2.75) is 46.1 Å². The Balaban J connectivity index is 1.85. The zero-order valence-corrected chi connectivity index (χ0v) is 15.1. The number of amides is 2. The summed E-state index contributed by atoms with van der Waals surface area (Å²) in [7, 11) is -3.01. The average molecular weight is 344 g/mol. The molecular formula is C16H28N2O4S. The number of hydrogen-bond donors (Lipinski definition) is 1. The van der Waals surface area contributed by atoms with E-state index >= 15 is 0 Å². The van der Waals surface area contributed by atoms with E-state index in [9.17, 15) is 18.0 Å². The standard InChI is InChI=1S/C16H28N2O4S/c1-4-18(12-6-8-23(21,22)10-12)16(20)14-9-13(14)15(19)17-7-5-11(2)3/h11-14H,4-10H2,1-3H3,(H,17,19). The molecule has 0 bridgehead atoms. The summed E-state index contributed by atoms with van der Waals surface area (Å²) >= 11 is 0. The van der Waals surface area contributed by atoms with E-state index in [4.69, 9.17) is 0 Å². The second-order valence-electron chi connectivity index (χ2n) is 7.10. The zero-order chi connectivity index (χ0) is 17.2. The van der Waals surface area contributed by atoms with Crippen molar-refractivity contribution in [3.63, 3.8) is 0 Å². The van der Waals surface area contributed by atoms with Crippen molar-refractivity contribution in [3.05, 3.63) is 0 Å². The molecule has 1 saturated heterocycles. The van der Waals surface area contributed by atoms with Gasteiger partial charge in [0, 0.05) is 19.1 Å². The molecule has 0 spiro atoms. The van der Waals surface area contributed by atoms with E-state index in [-0.39, 0.29) is 41.2 Å². The maximum Gasteiger partial charge on any atom is 0.226 e. The molecule has 3 atom stereocenters. The number of rotatable bonds is 7. The first kappa shape index (κ1) is 18.2. The SMILES string of the molecule is CCN(C(=O)C1CC1C(=O)NCCC(C)C)C1CCS(=O)(=O)C1. The lowest BCUT2D eigenvalue weighted by Gasteiger charge is -2.27. The van der Waals surface area contributed by atoms with Crippen LogP contribution in [0, 0.1) is 17.8 Å². The van der Waals surface area contributed by atoms with Gasteiger partial charge < -0.3 is 10.2 Å². The molecular weight excluding hydrogens is 316 g/mol. The summed E-state index contributed by atoms with van der Waals surface area (Å²) in [4.78, 5) is 26.3. The first-order valence-corrected chi connectivity index (χ1v) is 10.4. The van der Waals surface area contributed by atoms with Crippen LogP contribution in [0.15, 0.2) is 0 Å². The highest BCUT2D eigenvalue weighted by molar-refractivity contribution is 7.91. The van der Waals surface area contributed by atoms with Gasteiger partial charge in [0.05, 0.1) is 23.3 Å². The fourth-order valence-electron chi connectivity index (χ4n) is 3.20. The van der Waals surface area contributed by atoms with Crippen LogP contribution in [0.4, 0.5) is 0 Å². The highest BCUT2D eigenvalue weighted by atomic mass is 32.2. The molecule has 2 fully saturated rings. The molecule has 6 nitrogen and oxygen atoms in total. The van der Waals surface area contributed by atoms with Crippen molar-refractivity contribution in [3.8, 4) is 0 Å². The third kappa shape index (κ3) is 4.68. The molecule has 7 heteroatoms. The number of hydrogen-bond acceptors (Lipinski definition) is 4. The lowest BCUT2D eigenvalue weighted by atomic mass is 10.1. The van der Waals surface area contributed by atoms with Crippen LogP contribution in [0.1, 0.15) is 40.0 Å². The minimum atomic E-state index is -3.01. The van der Waals surface area contributed by atoms with Gasteiger partial charge in [-0.1, -0.05) is 13.8 Å². The van der Waals surface area contributed by atoms with Gasteiger partial charge in [0.25, 0.3) is 0 Å². The number of carbonyl (C=O) groups excluding carboxylic acids is 2. The zero-order valence-electron chi connectivity index (χ0n) is 14.2. The largest absolute Gasteiger partial charge is 0.356 e. The smallest absolute Gasteiger partial charge is 0.226 e. The molecule has 0 aromatic heterocycles. The topological polar surface area (TPSA) is 83.6 Å². The molecule has 1 aliphatic carbocycles. The Morgan fingerprint density at radius 1 is 1.26 bits per heavy atom. The maximum absolute atomic E-state index is 12.6. The van der Waals surface area contributed by atoms with Gasteiger partial charge in [-0.05, 0) is 32.1 Å². The van der Waals surface area contributed by atoms with Crippen molar-refractivity contribution < 1.29 is 18.0 Å². The first-order valence-electron chi connectivity index (χ1n) is 8.53. The highest BCUT2D eigenvalue weighted by Crippen LogP contribution is 2.41. The molecule has 2 amide bonds. The molecule has 2 rings (SSSR count). The second kappa shape index (κ2) is 7.20. The molecule has 0 radical (unpaired) electrons. The molecule has 1 aliphatic heterocycles. The Morgan fingerprint density at radius 3 is 2.48 bits per heavy atom. The van der Waals surface area contributed by atoms with E-state index in [0.29, 0.717) is 31.8 Å². The first-order chi connectivity index (χ1) is 10.7. The normalized spacial score (nSPS) is 28.6. The molecule has 1 heterocycles. The molecule has 1 N–H and O–H groups in total. The van der Waals surface area contributed by atoms with Gasteiger partial charge in [-0.3, -0.25) is 9.59 Å². The maximum atomic E-state index is 12.6. The predicted molar refractivity (Wildman–Crippen MR) is 88.5 cm³/mol. The summed E-state index contributed by atoms with van der Waals surface area (Å²) in [6, 6.07) is -0.220.